The van der Waals surface area contributed by atoms with Crippen molar-refractivity contribution in [2.45, 2.75) is 20.8 Å². The van der Waals surface area contributed by atoms with Gasteiger partial charge in [-0.1, -0.05) is 20.8 Å². The summed E-state index contributed by atoms with van der Waals surface area (Å²) in [5.41, 5.74) is 0.239. The molecule has 0 aliphatic heterocycles. The fourth-order valence-corrected chi connectivity index (χ4v) is 1.17. The van der Waals surface area contributed by atoms with Crippen molar-refractivity contribution >= 4 is 5.91 Å². The third-order valence-electron chi connectivity index (χ3n) is 1.40. The van der Waals surface area contributed by atoms with E-state index >= 15 is 0 Å². The number of nitrogens with zero attached hydrogens (tertiary/aromatic N) is 2. The Kier molecular flexibility index (Phi) is 7.76. The van der Waals surface area contributed by atoms with Crippen molar-refractivity contribution in [3.8, 4) is 0 Å². The number of likely N-dealkylation sites (N-methyl/N-ethyl adjacent to an activating group) is 2. The van der Waals surface area contributed by atoms with Crippen LogP contribution in [-0.4, -0.2) is 38.0 Å². The van der Waals surface area contributed by atoms with Crippen LogP contribution in [0.4, 0.5) is 0 Å². The van der Waals surface area contributed by atoms with Crippen LogP contribution >= 0.6 is 0 Å². The van der Waals surface area contributed by atoms with Gasteiger partial charge >= 0.3 is 0 Å². The molecular formula is C9H19N2ORh-. The maximum atomic E-state index is 10.9. The van der Waals surface area contributed by atoms with Crippen LogP contribution in [0.25, 0.3) is 5.32 Å². The van der Waals surface area contributed by atoms with Crippen LogP contribution < -0.4 is 0 Å². The summed E-state index contributed by atoms with van der Waals surface area (Å²) < 4.78 is 0. The van der Waals surface area contributed by atoms with Gasteiger partial charge in [-0.05, 0) is 12.5 Å². The first kappa shape index (κ1) is 15.5. The minimum Gasteiger partial charge on any atom is -0.655 e. The predicted octanol–water partition coefficient (Wildman–Crippen LogP) is 1.49. The molecule has 0 heterocycles. The van der Waals surface area contributed by atoms with Crippen molar-refractivity contribution < 1.29 is 24.3 Å². The van der Waals surface area contributed by atoms with E-state index in [1.165, 1.54) is 7.05 Å². The van der Waals surface area contributed by atoms with Gasteiger partial charge in [-0.15, -0.1) is 7.05 Å². The summed E-state index contributed by atoms with van der Waals surface area (Å²) in [6.45, 7) is 7.78. The fraction of sp³-hybridized carbons (Fsp3) is 0.889. The van der Waals surface area contributed by atoms with E-state index in [1.54, 1.807) is 0 Å². The van der Waals surface area contributed by atoms with E-state index in [9.17, 15) is 4.79 Å². The molecule has 81 valence electrons. The van der Waals surface area contributed by atoms with Crippen LogP contribution in [0.3, 0.4) is 0 Å². The summed E-state index contributed by atoms with van der Waals surface area (Å²) in [7, 11) is 3.47. The van der Waals surface area contributed by atoms with Crippen molar-refractivity contribution in [2.75, 3.05) is 27.2 Å². The molecule has 3 nitrogen and oxygen atoms in total. The average molecular weight is 274 g/mol. The Balaban J connectivity index is 0. The van der Waals surface area contributed by atoms with Gasteiger partial charge in [0, 0.05) is 32.6 Å². The van der Waals surface area contributed by atoms with E-state index in [4.69, 9.17) is 0 Å². The van der Waals surface area contributed by atoms with Gasteiger partial charge in [0.2, 0.25) is 0 Å². The van der Waals surface area contributed by atoms with Gasteiger partial charge in [-0.3, -0.25) is 0 Å². The number of hydrogen-bond acceptors (Lipinski definition) is 2. The second-order valence-corrected chi connectivity index (χ2v) is 4.35. The molecule has 0 atom stereocenters. The van der Waals surface area contributed by atoms with E-state index in [2.05, 4.69) is 26.1 Å². The molecule has 0 aromatic rings. The first-order chi connectivity index (χ1) is 5.35. The van der Waals surface area contributed by atoms with Gasteiger partial charge in [-0.2, -0.15) is 0 Å². The smallest absolute Gasteiger partial charge is 0.0652 e. The zero-order chi connectivity index (χ0) is 9.78. The van der Waals surface area contributed by atoms with Crippen molar-refractivity contribution in [2.24, 2.45) is 5.41 Å². The maximum absolute atomic E-state index is 10.9. The van der Waals surface area contributed by atoms with Crippen LogP contribution in [0.5, 0.6) is 0 Å². The molecule has 0 N–H and O–H groups in total. The Morgan fingerprint density at radius 1 is 1.38 bits per heavy atom. The van der Waals surface area contributed by atoms with Crippen LogP contribution in [-0.2, 0) is 24.3 Å². The standard InChI is InChI=1S/C9H20N2O.Rh/c1-9(2,3)7-11(5)6-8(12)10-4;/h6-7H2,1-5H3,(H,10,12);/p-1. The molecule has 1 radical (unpaired) electrons. The molecular weight excluding hydrogens is 255 g/mol. The van der Waals surface area contributed by atoms with E-state index < -0.39 is 0 Å². The van der Waals surface area contributed by atoms with Crippen molar-refractivity contribution in [3.63, 3.8) is 0 Å². The third kappa shape index (κ3) is 9.97. The summed E-state index contributed by atoms with van der Waals surface area (Å²) in [4.78, 5) is 12.9. The van der Waals surface area contributed by atoms with Gasteiger partial charge in [0.05, 0.1) is 5.91 Å². The summed E-state index contributed by atoms with van der Waals surface area (Å²) >= 11 is 0. The van der Waals surface area contributed by atoms with E-state index in [-0.39, 0.29) is 30.8 Å². The number of carbonyl (C=O) groups is 1. The number of carbonyl (C=O) groups excluding carboxylic acids is 1. The zero-order valence-corrected chi connectivity index (χ0v) is 10.7. The topological polar surface area (TPSA) is 34.4 Å². The average Bonchev–Trinajstić information content (AvgIpc) is 1.82. The SMILES string of the molecule is C[N-]C(=O)CN(C)CC(C)(C)C.[Rh]. The molecule has 4 heteroatoms. The Morgan fingerprint density at radius 3 is 2.15 bits per heavy atom. The molecule has 0 spiro atoms. The fourth-order valence-electron chi connectivity index (χ4n) is 1.17. The summed E-state index contributed by atoms with van der Waals surface area (Å²) in [5, 5.41) is 3.58. The van der Waals surface area contributed by atoms with Crippen LogP contribution in [0.15, 0.2) is 0 Å². The monoisotopic (exact) mass is 274 g/mol. The largest absolute Gasteiger partial charge is 0.655 e. The van der Waals surface area contributed by atoms with Gasteiger partial charge in [0.1, 0.15) is 0 Å². The predicted molar refractivity (Wildman–Crippen MR) is 51.2 cm³/mol. The van der Waals surface area contributed by atoms with E-state index in [1.807, 2.05) is 11.9 Å². The molecule has 1 amide bonds. The molecule has 0 rings (SSSR count). The quantitative estimate of drug-likeness (QED) is 0.731. The van der Waals surface area contributed by atoms with Gasteiger partial charge in [0.25, 0.3) is 0 Å². The minimum atomic E-state index is -0.0539. The van der Waals surface area contributed by atoms with Gasteiger partial charge in [0.15, 0.2) is 0 Å². The molecule has 0 aromatic heterocycles. The Bertz CT molecular complexity index is 154. The number of amides is 1. The molecule has 13 heavy (non-hydrogen) atoms. The molecule has 0 bridgehead atoms. The molecule has 0 fully saturated rings. The maximum Gasteiger partial charge on any atom is 0.0652 e. The van der Waals surface area contributed by atoms with E-state index in [0.29, 0.717) is 6.54 Å². The van der Waals surface area contributed by atoms with Gasteiger partial charge in [-0.25, -0.2) is 0 Å². The second kappa shape index (κ2) is 6.50. The second-order valence-electron chi connectivity index (χ2n) is 4.35. The first-order valence-electron chi connectivity index (χ1n) is 4.16. The molecule has 0 aromatic carbocycles. The molecule has 0 saturated heterocycles. The normalized spacial score (nSPS) is 10.9. The molecule has 0 aliphatic rings. The third-order valence-corrected chi connectivity index (χ3v) is 1.40. The summed E-state index contributed by atoms with van der Waals surface area (Å²) in [6, 6.07) is 0. The summed E-state index contributed by atoms with van der Waals surface area (Å²) in [6.07, 6.45) is 0. The minimum absolute atomic E-state index is 0. The molecule has 0 unspecified atom stereocenters. The van der Waals surface area contributed by atoms with Crippen LogP contribution in [0.1, 0.15) is 20.8 Å². The van der Waals surface area contributed by atoms with Crippen molar-refractivity contribution in [1.29, 1.82) is 0 Å². The van der Waals surface area contributed by atoms with Crippen molar-refractivity contribution in [1.82, 2.24) is 4.90 Å². The van der Waals surface area contributed by atoms with Crippen LogP contribution in [0, 0.1) is 5.41 Å². The molecule has 0 aliphatic carbocycles. The Morgan fingerprint density at radius 2 is 1.85 bits per heavy atom. The van der Waals surface area contributed by atoms with Crippen LogP contribution in [0.2, 0.25) is 0 Å². The van der Waals surface area contributed by atoms with Gasteiger partial charge < -0.3 is 15.0 Å². The van der Waals surface area contributed by atoms with E-state index in [0.717, 1.165) is 6.54 Å². The Labute approximate surface area is 94.0 Å². The number of rotatable bonds is 3. The first-order valence-corrected chi connectivity index (χ1v) is 4.16. The Hall–Kier alpha value is 0.0534. The molecule has 0 saturated carbocycles. The van der Waals surface area contributed by atoms with Crippen molar-refractivity contribution in [3.05, 3.63) is 5.32 Å². The number of hydrogen-bond donors (Lipinski definition) is 0. The summed E-state index contributed by atoms with van der Waals surface area (Å²) in [5.74, 6) is -0.0539. The zero-order valence-electron chi connectivity index (χ0n) is 9.05.